The van der Waals surface area contributed by atoms with Crippen molar-refractivity contribution in [2.45, 2.75) is 142 Å². The molecule has 0 aliphatic heterocycles. The largest absolute Gasteiger partial charge is 0.390 e. The van der Waals surface area contributed by atoms with Gasteiger partial charge in [0.2, 0.25) is 0 Å². The first-order valence-electron chi connectivity index (χ1n) is 12.1. The van der Waals surface area contributed by atoms with E-state index in [1.165, 1.54) is 103 Å². The number of unbranched alkanes of at least 4 members (excludes halogenated alkanes) is 15. The lowest BCUT2D eigenvalue weighted by molar-refractivity contribution is -0.132. The van der Waals surface area contributed by atoms with E-state index in [4.69, 9.17) is 0 Å². The number of ketones is 1. The molecule has 0 saturated heterocycles. The molecule has 2 unspecified atom stereocenters. The number of carbonyl (C=O) groups excluding carboxylic acids is 1. The predicted molar refractivity (Wildman–Crippen MR) is 121 cm³/mol. The molecule has 0 fully saturated rings. The van der Waals surface area contributed by atoms with Gasteiger partial charge in [-0.1, -0.05) is 96.1 Å². The number of hydrogen-bond acceptors (Lipinski definition) is 3. The molecule has 0 radical (unpaired) electrons. The fourth-order valence-electron chi connectivity index (χ4n) is 3.49. The Bertz CT molecular complexity index is 363. The third-order valence-electron chi connectivity index (χ3n) is 5.47. The second-order valence-corrected chi connectivity index (χ2v) is 8.40. The summed E-state index contributed by atoms with van der Waals surface area (Å²) in [5.74, 6) is -0.226. The molecular formula is C25H48O3. The second kappa shape index (κ2) is 21.0. The SMILES string of the molecule is CCCCCCCC/C=C\CCCCCCCCCCCC(=O)C(O)C(C)O. The molecule has 0 bridgehead atoms. The number of aliphatic hydroxyl groups excluding tert-OH is 2. The van der Waals surface area contributed by atoms with Crippen LogP contribution in [0.3, 0.4) is 0 Å². The third kappa shape index (κ3) is 18.7. The Balaban J connectivity index is 3.21. The molecule has 0 saturated carbocycles. The first-order chi connectivity index (χ1) is 13.6. The van der Waals surface area contributed by atoms with Crippen molar-refractivity contribution in [1.82, 2.24) is 0 Å². The van der Waals surface area contributed by atoms with Gasteiger partial charge in [-0.3, -0.25) is 4.79 Å². The summed E-state index contributed by atoms with van der Waals surface area (Å²) in [6.45, 7) is 3.72. The van der Waals surface area contributed by atoms with Gasteiger partial charge >= 0.3 is 0 Å². The third-order valence-corrected chi connectivity index (χ3v) is 5.47. The summed E-state index contributed by atoms with van der Waals surface area (Å²) in [6.07, 6.45) is 24.7. The van der Waals surface area contributed by atoms with E-state index in [0.717, 1.165) is 12.8 Å². The van der Waals surface area contributed by atoms with Crippen LogP contribution in [0.2, 0.25) is 0 Å². The molecule has 0 aliphatic rings. The van der Waals surface area contributed by atoms with Crippen molar-refractivity contribution in [2.75, 3.05) is 0 Å². The number of carbonyl (C=O) groups is 1. The van der Waals surface area contributed by atoms with E-state index < -0.39 is 12.2 Å². The van der Waals surface area contributed by atoms with Gasteiger partial charge in [0.1, 0.15) is 6.10 Å². The fraction of sp³-hybridized carbons (Fsp3) is 0.880. The predicted octanol–water partition coefficient (Wildman–Crippen LogP) is 6.90. The minimum Gasteiger partial charge on any atom is -0.390 e. The van der Waals surface area contributed by atoms with E-state index in [0.29, 0.717) is 6.42 Å². The standard InChI is InChI=1S/C25H48O3/c1-3-4-5-6-7-8-9-10-11-12-13-14-15-16-17-18-19-20-21-22-24(27)25(28)23(2)26/h10-11,23,25-26,28H,3-9,12-22H2,1-2H3/b11-10-. The maximum Gasteiger partial charge on any atom is 0.163 e. The molecule has 0 spiro atoms. The van der Waals surface area contributed by atoms with Gasteiger partial charge < -0.3 is 10.2 Å². The Kier molecular flexibility index (Phi) is 20.5. The lowest BCUT2D eigenvalue weighted by Gasteiger charge is -2.11. The molecular weight excluding hydrogens is 348 g/mol. The average Bonchev–Trinajstić information content (AvgIpc) is 2.68. The summed E-state index contributed by atoms with van der Waals surface area (Å²) < 4.78 is 0. The second-order valence-electron chi connectivity index (χ2n) is 8.40. The van der Waals surface area contributed by atoms with Crippen LogP contribution in [0.25, 0.3) is 0 Å². The molecule has 0 heterocycles. The molecule has 0 amide bonds. The number of rotatable bonds is 21. The summed E-state index contributed by atoms with van der Waals surface area (Å²) in [6, 6.07) is 0. The molecule has 28 heavy (non-hydrogen) atoms. The van der Waals surface area contributed by atoms with E-state index in [2.05, 4.69) is 19.1 Å². The van der Waals surface area contributed by atoms with Crippen LogP contribution in [0.1, 0.15) is 129 Å². The van der Waals surface area contributed by atoms with Crippen LogP contribution >= 0.6 is 0 Å². The molecule has 2 N–H and O–H groups in total. The Morgan fingerprint density at radius 1 is 0.679 bits per heavy atom. The number of hydrogen-bond donors (Lipinski definition) is 2. The van der Waals surface area contributed by atoms with E-state index in [1.54, 1.807) is 0 Å². The van der Waals surface area contributed by atoms with Crippen molar-refractivity contribution in [3.05, 3.63) is 12.2 Å². The normalized spacial score (nSPS) is 13.9. The van der Waals surface area contributed by atoms with Crippen LogP contribution in [0.5, 0.6) is 0 Å². The van der Waals surface area contributed by atoms with Crippen LogP contribution in [-0.4, -0.2) is 28.2 Å². The van der Waals surface area contributed by atoms with Gasteiger partial charge in [0.05, 0.1) is 6.10 Å². The van der Waals surface area contributed by atoms with E-state index in [9.17, 15) is 15.0 Å². The first-order valence-corrected chi connectivity index (χ1v) is 12.1. The highest BCUT2D eigenvalue weighted by Crippen LogP contribution is 2.13. The highest BCUT2D eigenvalue weighted by atomic mass is 16.3. The molecule has 3 nitrogen and oxygen atoms in total. The van der Waals surface area contributed by atoms with Crippen LogP contribution < -0.4 is 0 Å². The lowest BCUT2D eigenvalue weighted by atomic mass is 10.0. The van der Waals surface area contributed by atoms with Gasteiger partial charge in [0.25, 0.3) is 0 Å². The Morgan fingerprint density at radius 3 is 1.50 bits per heavy atom. The smallest absolute Gasteiger partial charge is 0.163 e. The number of aliphatic hydroxyl groups is 2. The zero-order chi connectivity index (χ0) is 20.9. The summed E-state index contributed by atoms with van der Waals surface area (Å²) in [4.78, 5) is 11.6. The van der Waals surface area contributed by atoms with Gasteiger partial charge in [-0.2, -0.15) is 0 Å². The van der Waals surface area contributed by atoms with Gasteiger partial charge in [0.15, 0.2) is 5.78 Å². The van der Waals surface area contributed by atoms with Gasteiger partial charge in [0, 0.05) is 6.42 Å². The van der Waals surface area contributed by atoms with Gasteiger partial charge in [-0.05, 0) is 39.0 Å². The Labute approximate surface area is 175 Å². The number of Topliss-reactive ketones (excluding diaryl/α,β-unsaturated/α-hetero) is 1. The zero-order valence-corrected chi connectivity index (χ0v) is 18.8. The molecule has 3 heteroatoms. The minimum atomic E-state index is -1.20. The molecule has 2 atom stereocenters. The molecule has 0 aromatic rings. The molecule has 166 valence electrons. The van der Waals surface area contributed by atoms with Crippen LogP contribution in [0, 0.1) is 0 Å². The average molecular weight is 397 g/mol. The van der Waals surface area contributed by atoms with Crippen molar-refractivity contribution in [1.29, 1.82) is 0 Å². The Hall–Kier alpha value is -0.670. The zero-order valence-electron chi connectivity index (χ0n) is 18.8. The molecule has 0 aliphatic carbocycles. The van der Waals surface area contributed by atoms with E-state index in [-0.39, 0.29) is 5.78 Å². The molecule has 0 rings (SSSR count). The van der Waals surface area contributed by atoms with Crippen LogP contribution in [-0.2, 0) is 4.79 Å². The van der Waals surface area contributed by atoms with Gasteiger partial charge in [-0.15, -0.1) is 0 Å². The Morgan fingerprint density at radius 2 is 1.07 bits per heavy atom. The monoisotopic (exact) mass is 396 g/mol. The van der Waals surface area contributed by atoms with E-state index >= 15 is 0 Å². The molecule has 0 aromatic carbocycles. The highest BCUT2D eigenvalue weighted by molar-refractivity contribution is 5.83. The van der Waals surface area contributed by atoms with Crippen LogP contribution in [0.15, 0.2) is 12.2 Å². The number of allylic oxidation sites excluding steroid dienone is 2. The van der Waals surface area contributed by atoms with E-state index in [1.807, 2.05) is 0 Å². The van der Waals surface area contributed by atoms with Crippen molar-refractivity contribution in [2.24, 2.45) is 0 Å². The summed E-state index contributed by atoms with van der Waals surface area (Å²) in [5.41, 5.74) is 0. The highest BCUT2D eigenvalue weighted by Gasteiger charge is 2.19. The van der Waals surface area contributed by atoms with Crippen molar-refractivity contribution < 1.29 is 15.0 Å². The maximum absolute atomic E-state index is 11.6. The van der Waals surface area contributed by atoms with Crippen molar-refractivity contribution >= 4 is 5.78 Å². The van der Waals surface area contributed by atoms with Crippen molar-refractivity contribution in [3.63, 3.8) is 0 Å². The summed E-state index contributed by atoms with van der Waals surface area (Å²) in [5, 5.41) is 18.6. The molecule has 0 aromatic heterocycles. The summed E-state index contributed by atoms with van der Waals surface area (Å²) in [7, 11) is 0. The van der Waals surface area contributed by atoms with Crippen LogP contribution in [0.4, 0.5) is 0 Å². The first kappa shape index (κ1) is 27.3. The topological polar surface area (TPSA) is 57.5 Å². The van der Waals surface area contributed by atoms with Gasteiger partial charge in [-0.25, -0.2) is 0 Å². The fourth-order valence-corrected chi connectivity index (χ4v) is 3.49. The maximum atomic E-state index is 11.6. The summed E-state index contributed by atoms with van der Waals surface area (Å²) >= 11 is 0. The quantitative estimate of drug-likeness (QED) is 0.164. The van der Waals surface area contributed by atoms with Crippen molar-refractivity contribution in [3.8, 4) is 0 Å². The lowest BCUT2D eigenvalue weighted by Crippen LogP contribution is -2.31. The minimum absolute atomic E-state index is 0.226.